The first kappa shape index (κ1) is 12.8. The molecule has 0 aliphatic heterocycles. The highest BCUT2D eigenvalue weighted by molar-refractivity contribution is 5.26. The van der Waals surface area contributed by atoms with Gasteiger partial charge in [-0.05, 0) is 26.3 Å². The molecule has 0 aliphatic carbocycles. The van der Waals surface area contributed by atoms with Gasteiger partial charge < -0.3 is 5.11 Å². The fourth-order valence-electron chi connectivity index (χ4n) is 2.15. The van der Waals surface area contributed by atoms with Crippen molar-refractivity contribution in [1.82, 2.24) is 19.6 Å². The summed E-state index contributed by atoms with van der Waals surface area (Å²) in [5.41, 5.74) is 4.07. The molecule has 0 spiro atoms. The lowest BCUT2D eigenvalue weighted by atomic mass is 10.0. The van der Waals surface area contributed by atoms with Crippen LogP contribution in [-0.2, 0) is 20.0 Å². The first-order valence-corrected chi connectivity index (χ1v) is 6.22. The van der Waals surface area contributed by atoms with Crippen LogP contribution in [0.25, 0.3) is 0 Å². The van der Waals surface area contributed by atoms with E-state index in [1.807, 2.05) is 43.4 Å². The van der Waals surface area contributed by atoms with Crippen LogP contribution in [0.15, 0.2) is 12.4 Å². The van der Waals surface area contributed by atoms with E-state index < -0.39 is 6.10 Å². The Morgan fingerprint density at radius 3 is 2.61 bits per heavy atom. The van der Waals surface area contributed by atoms with E-state index in [1.165, 1.54) is 0 Å². The fourth-order valence-corrected chi connectivity index (χ4v) is 2.15. The van der Waals surface area contributed by atoms with Gasteiger partial charge in [0.25, 0.3) is 0 Å². The van der Waals surface area contributed by atoms with Crippen molar-refractivity contribution in [2.45, 2.75) is 39.8 Å². The largest absolute Gasteiger partial charge is 0.388 e. The second-order valence-corrected chi connectivity index (χ2v) is 4.62. The molecule has 5 nitrogen and oxygen atoms in total. The highest BCUT2D eigenvalue weighted by Crippen LogP contribution is 2.22. The van der Waals surface area contributed by atoms with E-state index in [2.05, 4.69) is 10.2 Å². The average molecular weight is 248 g/mol. The Labute approximate surface area is 107 Å². The molecule has 2 aromatic heterocycles. The van der Waals surface area contributed by atoms with Crippen molar-refractivity contribution in [3.63, 3.8) is 0 Å². The minimum Gasteiger partial charge on any atom is -0.388 e. The summed E-state index contributed by atoms with van der Waals surface area (Å²) < 4.78 is 3.67. The van der Waals surface area contributed by atoms with E-state index >= 15 is 0 Å². The normalized spacial score (nSPS) is 12.9. The van der Waals surface area contributed by atoms with Crippen molar-refractivity contribution < 1.29 is 5.11 Å². The standard InChI is InChI=1S/C13H20N4O/c1-5-17-8-11(7-14-17)13(18)6-12-9(2)15-16(4)10(12)3/h7-8,13,18H,5-6H2,1-4H3. The molecule has 0 saturated heterocycles. The molecular weight excluding hydrogens is 228 g/mol. The summed E-state index contributed by atoms with van der Waals surface area (Å²) in [5.74, 6) is 0. The summed E-state index contributed by atoms with van der Waals surface area (Å²) in [5, 5.41) is 18.8. The number of aliphatic hydroxyl groups excluding tert-OH is 1. The predicted molar refractivity (Wildman–Crippen MR) is 69.2 cm³/mol. The summed E-state index contributed by atoms with van der Waals surface area (Å²) in [6.45, 7) is 6.85. The van der Waals surface area contributed by atoms with Gasteiger partial charge in [0.2, 0.25) is 0 Å². The maximum Gasteiger partial charge on any atom is 0.0862 e. The van der Waals surface area contributed by atoms with Crippen LogP contribution in [0.2, 0.25) is 0 Å². The molecule has 5 heteroatoms. The van der Waals surface area contributed by atoms with E-state index in [9.17, 15) is 5.11 Å². The number of aromatic nitrogens is 4. The summed E-state index contributed by atoms with van der Waals surface area (Å²) in [6, 6.07) is 0. The monoisotopic (exact) mass is 248 g/mol. The molecule has 18 heavy (non-hydrogen) atoms. The fraction of sp³-hybridized carbons (Fsp3) is 0.538. The van der Waals surface area contributed by atoms with Crippen molar-refractivity contribution in [3.8, 4) is 0 Å². The average Bonchev–Trinajstić information content (AvgIpc) is 2.90. The summed E-state index contributed by atoms with van der Waals surface area (Å²) in [6.07, 6.45) is 3.69. The van der Waals surface area contributed by atoms with Gasteiger partial charge in [-0.15, -0.1) is 0 Å². The lowest BCUT2D eigenvalue weighted by Gasteiger charge is -2.08. The summed E-state index contributed by atoms with van der Waals surface area (Å²) >= 11 is 0. The molecule has 98 valence electrons. The SMILES string of the molecule is CCn1cc(C(O)Cc2c(C)nn(C)c2C)cn1. The molecule has 0 saturated carbocycles. The van der Waals surface area contributed by atoms with Gasteiger partial charge in [0.15, 0.2) is 0 Å². The molecule has 0 bridgehead atoms. The van der Waals surface area contributed by atoms with Gasteiger partial charge in [0.1, 0.15) is 0 Å². The van der Waals surface area contributed by atoms with Crippen LogP contribution in [-0.4, -0.2) is 24.7 Å². The lowest BCUT2D eigenvalue weighted by Crippen LogP contribution is -2.03. The van der Waals surface area contributed by atoms with E-state index in [0.29, 0.717) is 6.42 Å². The third-order valence-corrected chi connectivity index (χ3v) is 3.42. The zero-order valence-electron chi connectivity index (χ0n) is 11.4. The molecule has 0 aliphatic rings. The first-order valence-electron chi connectivity index (χ1n) is 6.22. The minimum absolute atomic E-state index is 0.521. The van der Waals surface area contributed by atoms with E-state index in [1.54, 1.807) is 6.20 Å². The minimum atomic E-state index is -0.521. The Morgan fingerprint density at radius 2 is 2.11 bits per heavy atom. The molecular formula is C13H20N4O. The third kappa shape index (κ3) is 2.31. The van der Waals surface area contributed by atoms with Crippen LogP contribution in [0.4, 0.5) is 0 Å². The smallest absolute Gasteiger partial charge is 0.0862 e. The number of rotatable bonds is 4. The van der Waals surface area contributed by atoms with Gasteiger partial charge in [-0.25, -0.2) is 0 Å². The summed E-state index contributed by atoms with van der Waals surface area (Å²) in [7, 11) is 1.92. The van der Waals surface area contributed by atoms with Crippen molar-refractivity contribution in [2.24, 2.45) is 7.05 Å². The lowest BCUT2D eigenvalue weighted by molar-refractivity contribution is 0.178. The highest BCUT2D eigenvalue weighted by atomic mass is 16.3. The van der Waals surface area contributed by atoms with Crippen LogP contribution >= 0.6 is 0 Å². The first-order chi connectivity index (χ1) is 8.52. The Kier molecular flexibility index (Phi) is 3.52. The van der Waals surface area contributed by atoms with Crippen molar-refractivity contribution in [2.75, 3.05) is 0 Å². The quantitative estimate of drug-likeness (QED) is 0.892. The molecule has 1 N–H and O–H groups in total. The Hall–Kier alpha value is -1.62. The molecule has 2 aromatic rings. The number of aliphatic hydroxyl groups is 1. The van der Waals surface area contributed by atoms with Gasteiger partial charge in [-0.3, -0.25) is 9.36 Å². The van der Waals surface area contributed by atoms with Crippen LogP contribution in [0.3, 0.4) is 0 Å². The van der Waals surface area contributed by atoms with Gasteiger partial charge >= 0.3 is 0 Å². The predicted octanol–water partition coefficient (Wildman–Crippen LogP) is 1.53. The van der Waals surface area contributed by atoms with Crippen molar-refractivity contribution in [1.29, 1.82) is 0 Å². The zero-order chi connectivity index (χ0) is 13.3. The number of hydrogen-bond acceptors (Lipinski definition) is 3. The van der Waals surface area contributed by atoms with Crippen LogP contribution in [0.5, 0.6) is 0 Å². The topological polar surface area (TPSA) is 55.9 Å². The number of hydrogen-bond donors (Lipinski definition) is 1. The Morgan fingerprint density at radius 1 is 1.39 bits per heavy atom. The molecule has 0 amide bonds. The Balaban J connectivity index is 2.18. The molecule has 0 radical (unpaired) electrons. The van der Waals surface area contributed by atoms with Gasteiger partial charge in [0, 0.05) is 37.5 Å². The maximum atomic E-state index is 10.3. The van der Waals surface area contributed by atoms with Crippen LogP contribution < -0.4 is 0 Å². The Bertz CT molecular complexity index is 541. The van der Waals surface area contributed by atoms with E-state index in [0.717, 1.165) is 29.1 Å². The molecule has 0 aromatic carbocycles. The van der Waals surface area contributed by atoms with Crippen molar-refractivity contribution >= 4 is 0 Å². The summed E-state index contributed by atoms with van der Waals surface area (Å²) in [4.78, 5) is 0. The van der Waals surface area contributed by atoms with Crippen LogP contribution in [0.1, 0.15) is 35.5 Å². The molecule has 0 fully saturated rings. The van der Waals surface area contributed by atoms with Crippen LogP contribution in [0, 0.1) is 13.8 Å². The molecule has 1 atom stereocenters. The molecule has 2 rings (SSSR count). The van der Waals surface area contributed by atoms with E-state index in [-0.39, 0.29) is 0 Å². The molecule has 2 heterocycles. The zero-order valence-corrected chi connectivity index (χ0v) is 11.4. The van der Waals surface area contributed by atoms with E-state index in [4.69, 9.17) is 0 Å². The van der Waals surface area contributed by atoms with Gasteiger partial charge in [0.05, 0.1) is 18.0 Å². The molecule has 1 unspecified atom stereocenters. The van der Waals surface area contributed by atoms with Gasteiger partial charge in [-0.2, -0.15) is 10.2 Å². The second kappa shape index (κ2) is 4.94. The van der Waals surface area contributed by atoms with Gasteiger partial charge in [-0.1, -0.05) is 0 Å². The number of aryl methyl sites for hydroxylation is 3. The van der Waals surface area contributed by atoms with Crippen molar-refractivity contribution in [3.05, 3.63) is 34.9 Å². The number of nitrogens with zero attached hydrogens (tertiary/aromatic N) is 4. The third-order valence-electron chi connectivity index (χ3n) is 3.42. The highest BCUT2D eigenvalue weighted by Gasteiger charge is 2.16. The maximum absolute atomic E-state index is 10.3. The second-order valence-electron chi connectivity index (χ2n) is 4.62.